The van der Waals surface area contributed by atoms with E-state index in [0.717, 1.165) is 16.3 Å². The smallest absolute Gasteiger partial charge is 0.339 e. The number of hydrogen-bond acceptors (Lipinski definition) is 4. The number of carbonyl (C=O) groups excluding carboxylic acids is 2. The first-order valence-corrected chi connectivity index (χ1v) is 8.18. The third-order valence-electron chi connectivity index (χ3n) is 3.96. The molecule has 0 spiro atoms. The van der Waals surface area contributed by atoms with Gasteiger partial charge >= 0.3 is 5.97 Å². The van der Waals surface area contributed by atoms with Crippen molar-refractivity contribution in [1.29, 1.82) is 0 Å². The van der Waals surface area contributed by atoms with E-state index >= 15 is 0 Å². The van der Waals surface area contributed by atoms with Gasteiger partial charge in [0, 0.05) is 5.39 Å². The van der Waals surface area contributed by atoms with Crippen molar-refractivity contribution in [2.24, 2.45) is 0 Å². The van der Waals surface area contributed by atoms with E-state index in [2.05, 4.69) is 5.32 Å². The number of rotatable bonds is 5. The summed E-state index contributed by atoms with van der Waals surface area (Å²) in [5.74, 6) is -0.221. The highest BCUT2D eigenvalue weighted by molar-refractivity contribution is 6.02. The molecule has 0 unspecified atom stereocenters. The lowest BCUT2D eigenvalue weighted by atomic mass is 10.1. The zero-order valence-corrected chi connectivity index (χ0v) is 14.6. The molecule has 3 rings (SSSR count). The maximum absolute atomic E-state index is 12.3. The van der Waals surface area contributed by atoms with Crippen LogP contribution in [0, 0.1) is 6.92 Å². The number of amides is 1. The summed E-state index contributed by atoms with van der Waals surface area (Å²) in [5, 5.41) is 4.68. The number of benzene rings is 3. The van der Waals surface area contributed by atoms with Crippen LogP contribution in [0.15, 0.2) is 60.7 Å². The van der Waals surface area contributed by atoms with Gasteiger partial charge in [-0.1, -0.05) is 48.0 Å². The molecule has 0 aromatic heterocycles. The molecule has 0 heterocycles. The number of methoxy groups -OCH3 is 1. The first-order valence-electron chi connectivity index (χ1n) is 8.18. The summed E-state index contributed by atoms with van der Waals surface area (Å²) in [6.45, 7) is 1.70. The molecule has 0 saturated carbocycles. The summed E-state index contributed by atoms with van der Waals surface area (Å²) >= 11 is 0. The van der Waals surface area contributed by atoms with Crippen molar-refractivity contribution in [2.75, 3.05) is 19.0 Å². The van der Waals surface area contributed by atoms with Crippen LogP contribution in [0.5, 0.6) is 5.75 Å². The van der Waals surface area contributed by atoms with Gasteiger partial charge in [-0.25, -0.2) is 4.79 Å². The van der Waals surface area contributed by atoms with Crippen LogP contribution in [0.25, 0.3) is 10.8 Å². The average molecular weight is 349 g/mol. The average Bonchev–Trinajstić information content (AvgIpc) is 2.67. The summed E-state index contributed by atoms with van der Waals surface area (Å²) in [4.78, 5) is 24.2. The fourth-order valence-corrected chi connectivity index (χ4v) is 2.70. The Balaban J connectivity index is 1.73. The maximum atomic E-state index is 12.3. The van der Waals surface area contributed by atoms with Gasteiger partial charge in [0.2, 0.25) is 0 Å². The second-order valence-corrected chi connectivity index (χ2v) is 5.85. The first kappa shape index (κ1) is 17.5. The molecule has 1 amide bonds. The Morgan fingerprint density at radius 2 is 1.77 bits per heavy atom. The summed E-state index contributed by atoms with van der Waals surface area (Å²) in [6, 6.07) is 18.6. The molecule has 3 aromatic rings. The number of fused-ring (bicyclic) bond motifs is 1. The van der Waals surface area contributed by atoms with Crippen LogP contribution in [-0.4, -0.2) is 25.6 Å². The maximum Gasteiger partial charge on any atom is 0.339 e. The van der Waals surface area contributed by atoms with Crippen molar-refractivity contribution >= 4 is 28.3 Å². The summed E-state index contributed by atoms with van der Waals surface area (Å²) in [6.07, 6.45) is 0. The number of esters is 1. The standard InChI is InChI=1S/C21H19NO4/c1-14-10-11-18(17(12-14)21(24)25-2)22-20(23)13-26-19-9-5-7-15-6-3-4-8-16(15)19/h3-12H,13H2,1-2H3,(H,22,23). The number of hydrogen-bond donors (Lipinski definition) is 1. The molecule has 0 aliphatic rings. The fourth-order valence-electron chi connectivity index (χ4n) is 2.70. The predicted octanol–water partition coefficient (Wildman–Crippen LogP) is 3.95. The van der Waals surface area contributed by atoms with Crippen LogP contribution in [0.4, 0.5) is 5.69 Å². The van der Waals surface area contributed by atoms with E-state index in [4.69, 9.17) is 9.47 Å². The Labute approximate surface area is 151 Å². The molecule has 3 aromatic carbocycles. The zero-order chi connectivity index (χ0) is 18.5. The molecule has 132 valence electrons. The largest absolute Gasteiger partial charge is 0.483 e. The third kappa shape index (κ3) is 3.83. The third-order valence-corrected chi connectivity index (χ3v) is 3.96. The monoisotopic (exact) mass is 349 g/mol. The molecule has 0 aliphatic heterocycles. The number of ether oxygens (including phenoxy) is 2. The van der Waals surface area contributed by atoms with Gasteiger partial charge in [-0.2, -0.15) is 0 Å². The summed E-state index contributed by atoms with van der Waals surface area (Å²) < 4.78 is 10.4. The van der Waals surface area contributed by atoms with Crippen LogP contribution in [0.1, 0.15) is 15.9 Å². The molecular weight excluding hydrogens is 330 g/mol. The van der Waals surface area contributed by atoms with Gasteiger partial charge in [-0.3, -0.25) is 4.79 Å². The van der Waals surface area contributed by atoms with E-state index in [1.807, 2.05) is 55.5 Å². The van der Waals surface area contributed by atoms with Crippen molar-refractivity contribution in [3.63, 3.8) is 0 Å². The lowest BCUT2D eigenvalue weighted by Crippen LogP contribution is -2.22. The Bertz CT molecular complexity index is 960. The van der Waals surface area contributed by atoms with E-state index in [1.54, 1.807) is 12.1 Å². The van der Waals surface area contributed by atoms with Gasteiger partial charge in [0.05, 0.1) is 18.4 Å². The van der Waals surface area contributed by atoms with Gasteiger partial charge < -0.3 is 14.8 Å². The van der Waals surface area contributed by atoms with E-state index < -0.39 is 5.97 Å². The number of aryl methyl sites for hydroxylation is 1. The van der Waals surface area contributed by atoms with Gasteiger partial charge in [-0.05, 0) is 30.5 Å². The fraction of sp³-hybridized carbons (Fsp3) is 0.143. The lowest BCUT2D eigenvalue weighted by Gasteiger charge is -2.12. The van der Waals surface area contributed by atoms with Gasteiger partial charge in [0.25, 0.3) is 5.91 Å². The van der Waals surface area contributed by atoms with Crippen molar-refractivity contribution in [3.8, 4) is 5.75 Å². The van der Waals surface area contributed by atoms with E-state index in [9.17, 15) is 9.59 Å². The Kier molecular flexibility index (Phi) is 5.17. The van der Waals surface area contributed by atoms with Crippen molar-refractivity contribution in [3.05, 3.63) is 71.8 Å². The Hall–Kier alpha value is -3.34. The molecule has 0 radical (unpaired) electrons. The van der Waals surface area contributed by atoms with Crippen LogP contribution in [0.3, 0.4) is 0 Å². The summed E-state index contributed by atoms with van der Waals surface area (Å²) in [7, 11) is 1.31. The highest BCUT2D eigenvalue weighted by atomic mass is 16.5. The molecule has 26 heavy (non-hydrogen) atoms. The van der Waals surface area contributed by atoms with Gasteiger partial charge in [0.15, 0.2) is 6.61 Å². The minimum atomic E-state index is -0.501. The molecule has 0 fully saturated rings. The molecule has 0 saturated heterocycles. The number of carbonyl (C=O) groups is 2. The van der Waals surface area contributed by atoms with Crippen LogP contribution < -0.4 is 10.1 Å². The SMILES string of the molecule is COC(=O)c1cc(C)ccc1NC(=O)COc1cccc2ccccc12. The van der Waals surface area contributed by atoms with Crippen molar-refractivity contribution in [1.82, 2.24) is 0 Å². The molecule has 5 heteroatoms. The number of nitrogens with one attached hydrogen (secondary N) is 1. The first-order chi connectivity index (χ1) is 12.6. The van der Waals surface area contributed by atoms with Crippen LogP contribution in [0.2, 0.25) is 0 Å². The highest BCUT2D eigenvalue weighted by Crippen LogP contribution is 2.25. The minimum Gasteiger partial charge on any atom is -0.483 e. The highest BCUT2D eigenvalue weighted by Gasteiger charge is 2.14. The number of anilines is 1. The van der Waals surface area contributed by atoms with E-state index in [0.29, 0.717) is 17.0 Å². The summed E-state index contributed by atoms with van der Waals surface area (Å²) in [5.41, 5.74) is 1.61. The van der Waals surface area contributed by atoms with Gasteiger partial charge in [0.1, 0.15) is 5.75 Å². The van der Waals surface area contributed by atoms with E-state index in [1.165, 1.54) is 7.11 Å². The molecule has 0 atom stereocenters. The molecular formula is C21H19NO4. The van der Waals surface area contributed by atoms with Crippen molar-refractivity contribution in [2.45, 2.75) is 6.92 Å². The quantitative estimate of drug-likeness (QED) is 0.708. The topological polar surface area (TPSA) is 64.6 Å². The van der Waals surface area contributed by atoms with Crippen molar-refractivity contribution < 1.29 is 19.1 Å². The Morgan fingerprint density at radius 1 is 1.00 bits per heavy atom. The molecule has 0 bridgehead atoms. The normalized spacial score (nSPS) is 10.4. The second-order valence-electron chi connectivity index (χ2n) is 5.85. The lowest BCUT2D eigenvalue weighted by molar-refractivity contribution is -0.118. The molecule has 0 aliphatic carbocycles. The molecule has 1 N–H and O–H groups in total. The second kappa shape index (κ2) is 7.70. The van der Waals surface area contributed by atoms with Crippen LogP contribution >= 0.6 is 0 Å². The van der Waals surface area contributed by atoms with Gasteiger partial charge in [-0.15, -0.1) is 0 Å². The Morgan fingerprint density at radius 3 is 2.58 bits per heavy atom. The minimum absolute atomic E-state index is 0.164. The zero-order valence-electron chi connectivity index (χ0n) is 14.6. The van der Waals surface area contributed by atoms with Crippen LogP contribution in [-0.2, 0) is 9.53 Å². The van der Waals surface area contributed by atoms with E-state index in [-0.39, 0.29) is 12.5 Å². The molecule has 5 nitrogen and oxygen atoms in total. The predicted molar refractivity (Wildman–Crippen MR) is 101 cm³/mol.